The number of benzene rings is 1. The molecule has 24 heavy (non-hydrogen) atoms. The molecule has 128 valence electrons. The molecule has 1 atom stereocenters. The molecule has 1 aromatic carbocycles. The molecular formula is C18H23N3O2S. The summed E-state index contributed by atoms with van der Waals surface area (Å²) in [5.74, 6) is -0.331. The molecule has 1 aromatic heterocycles. The first-order valence-corrected chi connectivity index (χ1v) is 8.66. The van der Waals surface area contributed by atoms with Gasteiger partial charge in [0.25, 0.3) is 0 Å². The Hall–Kier alpha value is -2.18. The number of aryl methyl sites for hydroxylation is 2. The van der Waals surface area contributed by atoms with Crippen molar-refractivity contribution >= 4 is 29.0 Å². The summed E-state index contributed by atoms with van der Waals surface area (Å²) in [4.78, 5) is 27.1. The Morgan fingerprint density at radius 1 is 1.21 bits per heavy atom. The summed E-state index contributed by atoms with van der Waals surface area (Å²) in [6.45, 7) is 6.17. The monoisotopic (exact) mass is 345 g/mol. The maximum atomic E-state index is 12.0. The number of nitrogens with zero attached hydrogens (tertiary/aromatic N) is 1. The Bertz CT molecular complexity index is 713. The fourth-order valence-corrected chi connectivity index (χ4v) is 3.11. The van der Waals surface area contributed by atoms with E-state index < -0.39 is 6.03 Å². The molecule has 0 radical (unpaired) electrons. The van der Waals surface area contributed by atoms with E-state index in [4.69, 9.17) is 0 Å². The minimum absolute atomic E-state index is 0.124. The molecule has 0 saturated heterocycles. The van der Waals surface area contributed by atoms with Gasteiger partial charge in [-0.1, -0.05) is 12.1 Å². The number of rotatable bonds is 5. The molecule has 2 rings (SSSR count). The quantitative estimate of drug-likeness (QED) is 0.868. The van der Waals surface area contributed by atoms with E-state index in [0.29, 0.717) is 5.69 Å². The Labute approximate surface area is 146 Å². The molecule has 0 aliphatic heterocycles. The lowest BCUT2D eigenvalue weighted by atomic mass is 10.1. The highest BCUT2D eigenvalue weighted by Crippen LogP contribution is 2.22. The lowest BCUT2D eigenvalue weighted by Gasteiger charge is -2.22. The summed E-state index contributed by atoms with van der Waals surface area (Å²) in [5.41, 5.74) is 2.91. The van der Waals surface area contributed by atoms with Crippen LogP contribution in [0.5, 0.6) is 0 Å². The number of hydrogen-bond donors (Lipinski definition) is 2. The highest BCUT2D eigenvalue weighted by molar-refractivity contribution is 7.10. The zero-order valence-electron chi connectivity index (χ0n) is 14.4. The van der Waals surface area contributed by atoms with Crippen LogP contribution >= 0.6 is 11.3 Å². The van der Waals surface area contributed by atoms with Gasteiger partial charge in [-0.25, -0.2) is 4.79 Å². The number of amides is 3. The van der Waals surface area contributed by atoms with E-state index in [-0.39, 0.29) is 18.5 Å². The largest absolute Gasteiger partial charge is 0.325 e. The normalized spacial score (nSPS) is 12.0. The van der Waals surface area contributed by atoms with E-state index in [0.717, 1.165) is 11.1 Å². The number of hydrogen-bond acceptors (Lipinski definition) is 4. The zero-order valence-corrected chi connectivity index (χ0v) is 15.2. The number of anilines is 1. The Morgan fingerprint density at radius 2 is 1.96 bits per heavy atom. The predicted octanol–water partition coefficient (Wildman–Crippen LogP) is 3.71. The van der Waals surface area contributed by atoms with Gasteiger partial charge in [0.15, 0.2) is 0 Å². The van der Waals surface area contributed by atoms with Gasteiger partial charge in [-0.15, -0.1) is 11.3 Å². The Kier molecular flexibility index (Phi) is 6.11. The van der Waals surface area contributed by atoms with E-state index in [1.807, 2.05) is 68.4 Å². The van der Waals surface area contributed by atoms with Crippen LogP contribution in [0.25, 0.3) is 0 Å². The van der Waals surface area contributed by atoms with Crippen LogP contribution in [0.2, 0.25) is 0 Å². The van der Waals surface area contributed by atoms with Crippen molar-refractivity contribution in [2.75, 3.05) is 18.9 Å². The van der Waals surface area contributed by atoms with Crippen LogP contribution in [-0.2, 0) is 4.79 Å². The molecule has 0 bridgehead atoms. The number of thiophene rings is 1. The van der Waals surface area contributed by atoms with Gasteiger partial charge in [-0.2, -0.15) is 0 Å². The van der Waals surface area contributed by atoms with E-state index >= 15 is 0 Å². The van der Waals surface area contributed by atoms with E-state index in [2.05, 4.69) is 10.6 Å². The number of carbonyl (C=O) groups is 2. The van der Waals surface area contributed by atoms with Gasteiger partial charge in [0.05, 0.1) is 6.54 Å². The molecular weight excluding hydrogens is 322 g/mol. The van der Waals surface area contributed by atoms with Crippen molar-refractivity contribution in [2.24, 2.45) is 0 Å². The van der Waals surface area contributed by atoms with Crippen LogP contribution in [0.15, 0.2) is 35.7 Å². The van der Waals surface area contributed by atoms with Crippen LogP contribution in [0.3, 0.4) is 0 Å². The molecule has 0 fully saturated rings. The highest BCUT2D eigenvalue weighted by atomic mass is 32.1. The van der Waals surface area contributed by atoms with Crippen LogP contribution in [0.1, 0.15) is 29.0 Å². The lowest BCUT2D eigenvalue weighted by molar-refractivity contribution is -0.121. The van der Waals surface area contributed by atoms with Crippen molar-refractivity contribution in [3.8, 4) is 0 Å². The second kappa shape index (κ2) is 8.08. The maximum absolute atomic E-state index is 12.0. The topological polar surface area (TPSA) is 61.4 Å². The zero-order chi connectivity index (χ0) is 17.7. The van der Waals surface area contributed by atoms with Crippen molar-refractivity contribution in [2.45, 2.75) is 26.8 Å². The smallest absolute Gasteiger partial charge is 0.308 e. The summed E-state index contributed by atoms with van der Waals surface area (Å²) >= 11 is 1.65. The van der Waals surface area contributed by atoms with Crippen LogP contribution in [0, 0.1) is 13.8 Å². The van der Waals surface area contributed by atoms with Gasteiger partial charge in [-0.3, -0.25) is 15.0 Å². The summed E-state index contributed by atoms with van der Waals surface area (Å²) in [7, 11) is 1.87. The van der Waals surface area contributed by atoms with E-state index in [1.54, 1.807) is 11.3 Å². The van der Waals surface area contributed by atoms with Crippen LogP contribution in [-0.4, -0.2) is 30.4 Å². The molecule has 5 nitrogen and oxygen atoms in total. The highest BCUT2D eigenvalue weighted by Gasteiger charge is 2.17. The molecule has 0 aliphatic rings. The lowest BCUT2D eigenvalue weighted by Crippen LogP contribution is -2.41. The van der Waals surface area contributed by atoms with Crippen molar-refractivity contribution in [3.63, 3.8) is 0 Å². The second-order valence-corrected chi connectivity index (χ2v) is 6.89. The standard InChI is InChI=1S/C18H23N3O2S/c1-12-7-8-15(10-13(12)2)19-18(23)20-17(22)11-21(4)14(3)16-6-5-9-24-16/h5-10,14H,11H2,1-4H3,(H2,19,20,22,23). The first-order chi connectivity index (χ1) is 11.4. The average Bonchev–Trinajstić information content (AvgIpc) is 3.04. The summed E-state index contributed by atoms with van der Waals surface area (Å²) in [5, 5.41) is 7.06. The minimum atomic E-state index is -0.513. The van der Waals surface area contributed by atoms with Gasteiger partial charge in [0, 0.05) is 16.6 Å². The Balaban J connectivity index is 1.85. The predicted molar refractivity (Wildman–Crippen MR) is 98.4 cm³/mol. The molecule has 0 spiro atoms. The molecule has 2 aromatic rings. The van der Waals surface area contributed by atoms with Gasteiger partial charge < -0.3 is 5.32 Å². The van der Waals surface area contributed by atoms with Crippen molar-refractivity contribution in [1.82, 2.24) is 10.2 Å². The first kappa shape index (κ1) is 18.2. The number of carbonyl (C=O) groups excluding carboxylic acids is 2. The third-order valence-electron chi connectivity index (χ3n) is 4.03. The van der Waals surface area contributed by atoms with Gasteiger partial charge in [0.2, 0.25) is 5.91 Å². The number of likely N-dealkylation sites (N-methyl/N-ethyl adjacent to an activating group) is 1. The number of imide groups is 1. The number of urea groups is 1. The molecule has 1 unspecified atom stereocenters. The second-order valence-electron chi connectivity index (χ2n) is 5.91. The minimum Gasteiger partial charge on any atom is -0.308 e. The van der Waals surface area contributed by atoms with Crippen LogP contribution < -0.4 is 10.6 Å². The molecule has 0 aliphatic carbocycles. The first-order valence-electron chi connectivity index (χ1n) is 7.78. The Morgan fingerprint density at radius 3 is 2.58 bits per heavy atom. The van der Waals surface area contributed by atoms with Gasteiger partial charge in [-0.05, 0) is 62.5 Å². The van der Waals surface area contributed by atoms with Crippen molar-refractivity contribution in [1.29, 1.82) is 0 Å². The third-order valence-corrected chi connectivity index (χ3v) is 5.07. The van der Waals surface area contributed by atoms with Gasteiger partial charge >= 0.3 is 6.03 Å². The summed E-state index contributed by atoms with van der Waals surface area (Å²) < 4.78 is 0. The van der Waals surface area contributed by atoms with Crippen molar-refractivity contribution < 1.29 is 9.59 Å². The molecule has 0 saturated carbocycles. The fourth-order valence-electron chi connectivity index (χ4n) is 2.26. The average molecular weight is 345 g/mol. The third kappa shape index (κ3) is 4.91. The molecule has 6 heteroatoms. The fraction of sp³-hybridized carbons (Fsp3) is 0.333. The van der Waals surface area contributed by atoms with E-state index in [1.165, 1.54) is 4.88 Å². The van der Waals surface area contributed by atoms with Crippen molar-refractivity contribution in [3.05, 3.63) is 51.7 Å². The number of nitrogens with one attached hydrogen (secondary N) is 2. The maximum Gasteiger partial charge on any atom is 0.325 e. The summed E-state index contributed by atoms with van der Waals surface area (Å²) in [6, 6.07) is 9.27. The molecule has 3 amide bonds. The van der Waals surface area contributed by atoms with Gasteiger partial charge in [0.1, 0.15) is 0 Å². The summed E-state index contributed by atoms with van der Waals surface area (Å²) in [6.07, 6.45) is 0. The van der Waals surface area contributed by atoms with Crippen LogP contribution in [0.4, 0.5) is 10.5 Å². The molecule has 2 N–H and O–H groups in total. The molecule has 1 heterocycles. The van der Waals surface area contributed by atoms with E-state index in [9.17, 15) is 9.59 Å². The SMILES string of the molecule is Cc1ccc(NC(=O)NC(=O)CN(C)C(C)c2cccs2)cc1C.